The third-order valence-electron chi connectivity index (χ3n) is 8.97. The Morgan fingerprint density at radius 3 is 2.23 bits per heavy atom. The predicted octanol–water partition coefficient (Wildman–Crippen LogP) is 3.17. The van der Waals surface area contributed by atoms with Crippen LogP contribution < -0.4 is 10.1 Å². The van der Waals surface area contributed by atoms with E-state index in [1.165, 1.54) is 4.90 Å². The number of nitrogens with zero attached hydrogens (tertiary/aromatic N) is 5. The van der Waals surface area contributed by atoms with Gasteiger partial charge in [-0.2, -0.15) is 0 Å². The topological polar surface area (TPSA) is 118 Å². The van der Waals surface area contributed by atoms with Gasteiger partial charge in [-0.25, -0.2) is 4.79 Å². The summed E-state index contributed by atoms with van der Waals surface area (Å²) in [5.41, 5.74) is 3.31. The zero-order valence-electron chi connectivity index (χ0n) is 25.1. The normalized spacial score (nSPS) is 20.8. The summed E-state index contributed by atoms with van der Waals surface area (Å²) in [7, 11) is 3.63. The molecule has 2 fully saturated rings. The van der Waals surface area contributed by atoms with Crippen LogP contribution in [0.2, 0.25) is 0 Å². The summed E-state index contributed by atoms with van der Waals surface area (Å²) in [4.78, 5) is 47.5. The van der Waals surface area contributed by atoms with Crippen LogP contribution in [0, 0.1) is 0 Å². The molecule has 11 nitrogen and oxygen atoms in total. The number of hydrogen-bond donors (Lipinski definition) is 2. The SMILES string of the molecule is CCN1C(=O)NC(=O)C1(CN1Cc2ccc(OC)cc2C1=O)c1ccc(-c2ccc(C(=NO)N3CCN(C)CC3)cc2)cc1. The molecular weight excluding hydrogens is 560 g/mol. The Hall–Kier alpha value is -4.90. The maximum Gasteiger partial charge on any atom is 0.325 e. The van der Waals surface area contributed by atoms with Gasteiger partial charge in [-0.15, -0.1) is 0 Å². The number of rotatable bonds is 7. The zero-order chi connectivity index (χ0) is 31.0. The van der Waals surface area contributed by atoms with Crippen LogP contribution in [0.15, 0.2) is 71.9 Å². The van der Waals surface area contributed by atoms with E-state index < -0.39 is 17.5 Å². The molecule has 1 atom stereocenters. The number of imide groups is 1. The average Bonchev–Trinajstić information content (AvgIpc) is 3.49. The van der Waals surface area contributed by atoms with Gasteiger partial charge in [-0.1, -0.05) is 59.8 Å². The molecule has 3 heterocycles. The molecule has 0 spiro atoms. The van der Waals surface area contributed by atoms with E-state index >= 15 is 0 Å². The molecule has 6 rings (SSSR count). The molecule has 3 aliphatic heterocycles. The number of amidine groups is 1. The van der Waals surface area contributed by atoms with E-state index in [2.05, 4.69) is 27.3 Å². The molecule has 11 heteroatoms. The number of piperazine rings is 1. The fraction of sp³-hybridized carbons (Fsp3) is 0.333. The molecule has 4 amide bonds. The maximum atomic E-state index is 13.6. The molecule has 44 heavy (non-hydrogen) atoms. The summed E-state index contributed by atoms with van der Waals surface area (Å²) < 4.78 is 5.31. The number of carbonyl (C=O) groups is 3. The Kier molecular flexibility index (Phi) is 7.73. The van der Waals surface area contributed by atoms with Gasteiger partial charge in [0.2, 0.25) is 0 Å². The van der Waals surface area contributed by atoms with E-state index in [0.29, 0.717) is 29.3 Å². The lowest BCUT2D eigenvalue weighted by molar-refractivity contribution is -0.127. The van der Waals surface area contributed by atoms with Crippen molar-refractivity contribution in [1.29, 1.82) is 0 Å². The zero-order valence-corrected chi connectivity index (χ0v) is 25.1. The van der Waals surface area contributed by atoms with Crippen LogP contribution in [-0.4, -0.2) is 102 Å². The molecule has 3 aliphatic rings. The van der Waals surface area contributed by atoms with Gasteiger partial charge in [0, 0.05) is 50.4 Å². The van der Waals surface area contributed by atoms with E-state index in [9.17, 15) is 19.6 Å². The number of methoxy groups -OCH3 is 1. The first-order chi connectivity index (χ1) is 21.3. The van der Waals surface area contributed by atoms with Gasteiger partial charge < -0.3 is 29.5 Å². The molecule has 2 saturated heterocycles. The minimum Gasteiger partial charge on any atom is -0.497 e. The first-order valence-electron chi connectivity index (χ1n) is 14.7. The van der Waals surface area contributed by atoms with Crippen LogP contribution in [0.4, 0.5) is 4.79 Å². The number of nitrogens with one attached hydrogen (secondary N) is 1. The van der Waals surface area contributed by atoms with E-state index in [1.807, 2.05) is 67.6 Å². The summed E-state index contributed by atoms with van der Waals surface area (Å²) >= 11 is 0. The first-order valence-corrected chi connectivity index (χ1v) is 14.7. The standard InChI is InChI=1S/C33H36N6O5/c1-4-39-32(42)34-31(41)33(39,21-38-20-25-11-14-27(44-3)19-28(25)30(38)40)26-12-9-23(10-13-26)22-5-7-24(8-6-22)29(35-43)37-17-15-36(2)16-18-37/h5-14,19,43H,4,15-18,20-21H2,1-3H3,(H,34,41,42). The molecule has 0 aliphatic carbocycles. The van der Waals surface area contributed by atoms with Gasteiger partial charge in [-0.3, -0.25) is 14.9 Å². The molecule has 228 valence electrons. The summed E-state index contributed by atoms with van der Waals surface area (Å²) in [6, 6.07) is 20.3. The first kappa shape index (κ1) is 29.2. The molecule has 0 bridgehead atoms. The second-order valence-corrected chi connectivity index (χ2v) is 11.4. The number of carbonyl (C=O) groups excluding carboxylic acids is 3. The Bertz CT molecular complexity index is 1610. The number of oxime groups is 1. The molecule has 3 aromatic carbocycles. The van der Waals surface area contributed by atoms with Crippen molar-refractivity contribution < 1.29 is 24.3 Å². The van der Waals surface area contributed by atoms with E-state index in [4.69, 9.17) is 4.74 Å². The van der Waals surface area contributed by atoms with E-state index in [-0.39, 0.29) is 19.0 Å². The van der Waals surface area contributed by atoms with Gasteiger partial charge in [0.15, 0.2) is 11.4 Å². The summed E-state index contributed by atoms with van der Waals surface area (Å²) in [5.74, 6) is 0.471. The molecule has 1 unspecified atom stereocenters. The Balaban J connectivity index is 1.27. The molecule has 0 aromatic heterocycles. The van der Waals surface area contributed by atoms with Crippen LogP contribution in [0.1, 0.15) is 34.0 Å². The summed E-state index contributed by atoms with van der Waals surface area (Å²) in [6.07, 6.45) is 0. The van der Waals surface area contributed by atoms with Crippen molar-refractivity contribution in [2.45, 2.75) is 19.0 Å². The number of urea groups is 1. The fourth-order valence-electron chi connectivity index (χ4n) is 6.46. The van der Waals surface area contributed by atoms with Crippen molar-refractivity contribution in [3.63, 3.8) is 0 Å². The lowest BCUT2D eigenvalue weighted by Gasteiger charge is -2.38. The van der Waals surface area contributed by atoms with Gasteiger partial charge in [0.25, 0.3) is 11.8 Å². The van der Waals surface area contributed by atoms with E-state index in [1.54, 1.807) is 18.1 Å². The maximum absolute atomic E-state index is 13.6. The molecule has 2 N–H and O–H groups in total. The number of ether oxygens (including phenoxy) is 1. The van der Waals surface area contributed by atoms with Crippen LogP contribution in [0.25, 0.3) is 11.1 Å². The van der Waals surface area contributed by atoms with Crippen molar-refractivity contribution in [2.24, 2.45) is 5.16 Å². The Labute approximate surface area is 256 Å². The molecule has 0 saturated carbocycles. The number of benzene rings is 3. The second-order valence-electron chi connectivity index (χ2n) is 11.4. The van der Waals surface area contributed by atoms with Gasteiger partial charge in [0.05, 0.1) is 13.7 Å². The lowest BCUT2D eigenvalue weighted by Crippen LogP contribution is -2.54. The molecule has 3 aromatic rings. The fourth-order valence-corrected chi connectivity index (χ4v) is 6.46. The highest BCUT2D eigenvalue weighted by molar-refractivity contribution is 6.08. The van der Waals surface area contributed by atoms with Gasteiger partial charge >= 0.3 is 6.03 Å². The molecular formula is C33H36N6O5. The Morgan fingerprint density at radius 1 is 0.955 bits per heavy atom. The number of likely N-dealkylation sites (N-methyl/N-ethyl adjacent to an activating group) is 2. The number of hydrogen-bond acceptors (Lipinski definition) is 7. The van der Waals surface area contributed by atoms with Crippen LogP contribution in [0.5, 0.6) is 5.75 Å². The van der Waals surface area contributed by atoms with Crippen LogP contribution >= 0.6 is 0 Å². The predicted molar refractivity (Wildman–Crippen MR) is 165 cm³/mol. The van der Waals surface area contributed by atoms with Crippen LogP contribution in [-0.2, 0) is 16.9 Å². The highest BCUT2D eigenvalue weighted by Crippen LogP contribution is 2.38. The van der Waals surface area contributed by atoms with Gasteiger partial charge in [0.1, 0.15) is 5.75 Å². The van der Waals surface area contributed by atoms with Crippen LogP contribution in [0.3, 0.4) is 0 Å². The van der Waals surface area contributed by atoms with Crippen molar-refractivity contribution >= 4 is 23.7 Å². The van der Waals surface area contributed by atoms with Crippen molar-refractivity contribution in [2.75, 3.05) is 53.4 Å². The van der Waals surface area contributed by atoms with Crippen molar-refractivity contribution in [3.8, 4) is 16.9 Å². The minimum atomic E-state index is -1.38. The largest absolute Gasteiger partial charge is 0.497 e. The number of fused-ring (bicyclic) bond motifs is 1. The third kappa shape index (κ3) is 4.92. The van der Waals surface area contributed by atoms with E-state index in [0.717, 1.165) is 48.4 Å². The summed E-state index contributed by atoms with van der Waals surface area (Å²) in [6.45, 7) is 5.82. The quantitative estimate of drug-likeness (QED) is 0.141. The Morgan fingerprint density at radius 2 is 1.61 bits per heavy atom. The monoisotopic (exact) mass is 596 g/mol. The lowest BCUT2D eigenvalue weighted by atomic mass is 9.86. The summed E-state index contributed by atoms with van der Waals surface area (Å²) in [5, 5.41) is 15.8. The minimum absolute atomic E-state index is 0.0118. The average molecular weight is 597 g/mol. The van der Waals surface area contributed by atoms with Gasteiger partial charge in [-0.05, 0) is 48.4 Å². The van der Waals surface area contributed by atoms with Crippen molar-refractivity contribution in [1.82, 2.24) is 24.9 Å². The highest BCUT2D eigenvalue weighted by Gasteiger charge is 2.55. The number of amides is 4. The highest BCUT2D eigenvalue weighted by atomic mass is 16.5. The smallest absolute Gasteiger partial charge is 0.325 e. The van der Waals surface area contributed by atoms with Crippen molar-refractivity contribution in [3.05, 3.63) is 89.0 Å². The molecule has 0 radical (unpaired) electrons. The third-order valence-corrected chi connectivity index (χ3v) is 8.97. The second kappa shape index (κ2) is 11.6.